The highest BCUT2D eigenvalue weighted by molar-refractivity contribution is 7.70. The summed E-state index contributed by atoms with van der Waals surface area (Å²) in [4.78, 5) is 22.2. The minimum absolute atomic E-state index is 0.239. The number of ether oxygens (including phenoxy) is 2. The Hall–Kier alpha value is -4.88. The fraction of sp³-hybridized carbons (Fsp3) is 0.206. The van der Waals surface area contributed by atoms with E-state index in [4.69, 9.17) is 9.47 Å². The molecular formula is C34H36N5O4P. The Balaban J connectivity index is 1.41. The van der Waals surface area contributed by atoms with Gasteiger partial charge in [0.25, 0.3) is 0 Å². The van der Waals surface area contributed by atoms with Crippen molar-refractivity contribution < 1.29 is 18.8 Å². The molecule has 1 aromatic heterocycles. The molecule has 0 aliphatic rings. The summed E-state index contributed by atoms with van der Waals surface area (Å²) in [5.74, 6) is 1.74. The second-order valence-electron chi connectivity index (χ2n) is 11.7. The number of anilines is 4. The van der Waals surface area contributed by atoms with Crippen molar-refractivity contribution in [3.05, 3.63) is 96.7 Å². The minimum Gasteiger partial charge on any atom is -0.494 e. The number of amides is 2. The summed E-state index contributed by atoms with van der Waals surface area (Å²) in [7, 11) is -1.20. The summed E-state index contributed by atoms with van der Waals surface area (Å²) in [5.41, 5.74) is 2.59. The number of methoxy groups -OCH3 is 1. The van der Waals surface area contributed by atoms with Crippen molar-refractivity contribution in [1.82, 2.24) is 9.97 Å². The maximum absolute atomic E-state index is 13.4. The number of fused-ring (bicyclic) bond motifs is 1. The number of carbonyl (C=O) groups is 1. The molecule has 0 saturated heterocycles. The highest BCUT2D eigenvalue weighted by Gasteiger charge is 2.26. The predicted octanol–water partition coefficient (Wildman–Crippen LogP) is 8.36. The molecule has 0 radical (unpaired) electrons. The molecule has 1 heterocycles. The van der Waals surface area contributed by atoms with E-state index in [0.717, 1.165) is 22.0 Å². The van der Waals surface area contributed by atoms with Gasteiger partial charge in [-0.25, -0.2) is 9.78 Å². The zero-order chi connectivity index (χ0) is 31.5. The topological polar surface area (TPSA) is 114 Å². The third kappa shape index (κ3) is 7.01. The molecule has 9 nitrogen and oxygen atoms in total. The van der Waals surface area contributed by atoms with Crippen LogP contribution in [0.15, 0.2) is 91.1 Å². The normalized spacial score (nSPS) is 11.6. The molecule has 44 heavy (non-hydrogen) atoms. The zero-order valence-electron chi connectivity index (χ0n) is 25.6. The van der Waals surface area contributed by atoms with Crippen LogP contribution in [0.1, 0.15) is 26.3 Å². The maximum Gasteiger partial charge on any atom is 0.323 e. The van der Waals surface area contributed by atoms with E-state index < -0.39 is 13.2 Å². The SMILES string of the molecule is COc1c(NC(=O)Nc2ccc(Oc3ccnc(Nc4ccccc4)n3)c3ccccc23)cc(C(C)(C)C)cc1P(C)(C)=O. The number of hydrogen-bond donors (Lipinski definition) is 3. The Bertz CT molecular complexity index is 1870. The Morgan fingerprint density at radius 1 is 0.841 bits per heavy atom. The summed E-state index contributed by atoms with van der Waals surface area (Å²) in [6, 6.07) is 25.8. The van der Waals surface area contributed by atoms with Crippen molar-refractivity contribution in [2.45, 2.75) is 26.2 Å². The monoisotopic (exact) mass is 609 g/mol. The lowest BCUT2D eigenvalue weighted by Crippen LogP contribution is -2.23. The van der Waals surface area contributed by atoms with Crippen LogP contribution in [0.4, 0.5) is 27.8 Å². The first kappa shape index (κ1) is 30.6. The first-order chi connectivity index (χ1) is 20.9. The molecule has 4 aromatic carbocycles. The van der Waals surface area contributed by atoms with Gasteiger partial charge in [-0.15, -0.1) is 0 Å². The lowest BCUT2D eigenvalue weighted by molar-refractivity contribution is 0.262. The highest BCUT2D eigenvalue weighted by Crippen LogP contribution is 2.43. The van der Waals surface area contributed by atoms with E-state index in [1.54, 1.807) is 37.7 Å². The number of benzene rings is 4. The third-order valence-corrected chi connectivity index (χ3v) is 8.47. The second-order valence-corrected chi connectivity index (χ2v) is 14.9. The van der Waals surface area contributed by atoms with Crippen LogP contribution in [0.3, 0.4) is 0 Å². The minimum atomic E-state index is -2.72. The molecule has 0 aliphatic carbocycles. The number of para-hydroxylation sites is 1. The van der Waals surface area contributed by atoms with Crippen molar-refractivity contribution >= 4 is 52.3 Å². The zero-order valence-corrected chi connectivity index (χ0v) is 26.5. The van der Waals surface area contributed by atoms with Crippen molar-refractivity contribution in [2.24, 2.45) is 0 Å². The van der Waals surface area contributed by atoms with Gasteiger partial charge in [0, 0.05) is 28.7 Å². The van der Waals surface area contributed by atoms with E-state index in [1.165, 1.54) is 7.11 Å². The summed E-state index contributed by atoms with van der Waals surface area (Å²) in [6.45, 7) is 9.58. The Labute approximate surface area is 257 Å². The van der Waals surface area contributed by atoms with E-state index >= 15 is 0 Å². The Morgan fingerprint density at radius 2 is 1.52 bits per heavy atom. The summed E-state index contributed by atoms with van der Waals surface area (Å²) in [6.07, 6.45) is 1.63. The molecule has 3 N–H and O–H groups in total. The Kier molecular flexibility index (Phi) is 8.61. The van der Waals surface area contributed by atoms with E-state index in [-0.39, 0.29) is 5.41 Å². The number of nitrogens with one attached hydrogen (secondary N) is 3. The number of rotatable bonds is 8. The average molecular weight is 610 g/mol. The van der Waals surface area contributed by atoms with Crippen LogP contribution in [0.25, 0.3) is 10.8 Å². The molecule has 0 saturated carbocycles. The quantitative estimate of drug-likeness (QED) is 0.151. The Morgan fingerprint density at radius 3 is 2.20 bits per heavy atom. The van der Waals surface area contributed by atoms with E-state index in [0.29, 0.717) is 40.0 Å². The van der Waals surface area contributed by atoms with Crippen LogP contribution in [-0.2, 0) is 9.98 Å². The van der Waals surface area contributed by atoms with E-state index in [1.807, 2.05) is 66.7 Å². The number of hydrogen-bond acceptors (Lipinski definition) is 7. The van der Waals surface area contributed by atoms with Crippen LogP contribution in [0.2, 0.25) is 0 Å². The molecular weight excluding hydrogens is 573 g/mol. The molecule has 5 rings (SSSR count). The van der Waals surface area contributed by atoms with Crippen LogP contribution >= 0.6 is 7.14 Å². The molecule has 226 valence electrons. The molecule has 0 bridgehead atoms. The third-order valence-electron chi connectivity index (χ3n) is 6.97. The van der Waals surface area contributed by atoms with Gasteiger partial charge in [-0.2, -0.15) is 4.98 Å². The van der Waals surface area contributed by atoms with Gasteiger partial charge in [-0.1, -0.05) is 63.2 Å². The van der Waals surface area contributed by atoms with Crippen LogP contribution in [-0.4, -0.2) is 36.4 Å². The number of urea groups is 1. The van der Waals surface area contributed by atoms with Gasteiger partial charge >= 0.3 is 6.03 Å². The molecule has 0 atom stereocenters. The highest BCUT2D eigenvalue weighted by atomic mass is 31.2. The largest absolute Gasteiger partial charge is 0.494 e. The van der Waals surface area contributed by atoms with Gasteiger partial charge in [0.05, 0.1) is 23.8 Å². The second kappa shape index (κ2) is 12.4. The lowest BCUT2D eigenvalue weighted by atomic mass is 9.86. The van der Waals surface area contributed by atoms with Crippen LogP contribution in [0, 0.1) is 0 Å². The predicted molar refractivity (Wildman–Crippen MR) is 179 cm³/mol. The molecule has 0 fully saturated rings. The van der Waals surface area contributed by atoms with Crippen LogP contribution in [0.5, 0.6) is 17.4 Å². The van der Waals surface area contributed by atoms with E-state index in [2.05, 4.69) is 46.7 Å². The summed E-state index contributed by atoms with van der Waals surface area (Å²) >= 11 is 0. The van der Waals surface area contributed by atoms with Gasteiger partial charge < -0.3 is 30.0 Å². The van der Waals surface area contributed by atoms with Crippen LogP contribution < -0.4 is 30.7 Å². The summed E-state index contributed by atoms with van der Waals surface area (Å²) in [5, 5.41) is 11.2. The molecule has 2 amide bonds. The standard InChI is InChI=1S/C34H36N5O4P/c1-34(2,3)22-20-27(31(42-4)29(21-22)44(5,6)41)38-33(40)37-26-16-17-28(25-15-11-10-14-24(25)26)43-30-18-19-35-32(39-30)36-23-12-8-7-9-13-23/h7-21H,1-6H3,(H,35,36,39)(H2,37,38,40). The number of carbonyl (C=O) groups excluding carboxylic acids is 1. The molecule has 5 aromatic rings. The van der Waals surface area contributed by atoms with Gasteiger partial charge in [0.15, 0.2) is 5.75 Å². The molecule has 0 unspecified atom stereocenters. The first-order valence-electron chi connectivity index (χ1n) is 14.1. The van der Waals surface area contributed by atoms with Gasteiger partial charge in [-0.05, 0) is 60.7 Å². The fourth-order valence-electron chi connectivity index (χ4n) is 4.72. The van der Waals surface area contributed by atoms with E-state index in [9.17, 15) is 9.36 Å². The van der Waals surface area contributed by atoms with Crippen molar-refractivity contribution in [3.63, 3.8) is 0 Å². The smallest absolute Gasteiger partial charge is 0.323 e. The fourth-order valence-corrected chi connectivity index (χ4v) is 5.87. The molecule has 10 heteroatoms. The maximum atomic E-state index is 13.4. The van der Waals surface area contributed by atoms with Crippen molar-refractivity contribution in [2.75, 3.05) is 36.4 Å². The number of nitrogens with zero attached hydrogens (tertiary/aromatic N) is 2. The molecule has 0 spiro atoms. The average Bonchev–Trinajstić information content (AvgIpc) is 2.98. The van der Waals surface area contributed by atoms with Crippen molar-refractivity contribution in [1.29, 1.82) is 0 Å². The van der Waals surface area contributed by atoms with Gasteiger partial charge in [0.2, 0.25) is 11.8 Å². The van der Waals surface area contributed by atoms with Crippen molar-refractivity contribution in [3.8, 4) is 17.4 Å². The lowest BCUT2D eigenvalue weighted by Gasteiger charge is -2.25. The first-order valence-corrected chi connectivity index (χ1v) is 16.7. The van der Waals surface area contributed by atoms with Gasteiger partial charge in [0.1, 0.15) is 12.9 Å². The summed E-state index contributed by atoms with van der Waals surface area (Å²) < 4.78 is 25.0. The number of aromatic nitrogens is 2. The molecule has 0 aliphatic heterocycles. The van der Waals surface area contributed by atoms with Gasteiger partial charge in [-0.3, -0.25) is 0 Å².